The van der Waals surface area contributed by atoms with E-state index in [4.69, 9.17) is 0 Å². The highest BCUT2D eigenvalue weighted by Crippen LogP contribution is 2.21. The van der Waals surface area contributed by atoms with Gasteiger partial charge in [0, 0.05) is 23.1 Å². The lowest BCUT2D eigenvalue weighted by atomic mass is 10.1. The average Bonchev–Trinajstić information content (AvgIpc) is 2.96. The number of hydrogen-bond acceptors (Lipinski definition) is 3. The summed E-state index contributed by atoms with van der Waals surface area (Å²) >= 11 is 3.40. The summed E-state index contributed by atoms with van der Waals surface area (Å²) in [5.74, 6) is -0.159. The van der Waals surface area contributed by atoms with E-state index in [9.17, 15) is 13.2 Å². The molecule has 0 saturated carbocycles. The number of sulfonamides is 1. The molecule has 2 aromatic carbocycles. The van der Waals surface area contributed by atoms with Gasteiger partial charge >= 0.3 is 0 Å². The standard InChI is InChI=1S/C21H22BrNO3S/c22-19-7-5-6-17(16-19)8-13-21(24)18-9-11-20(12-10-18)27(25,26)23-14-3-1-2-4-15-23/h5-13,16H,1-4,14-15H2. The van der Waals surface area contributed by atoms with Gasteiger partial charge in [-0.3, -0.25) is 4.79 Å². The van der Waals surface area contributed by atoms with Crippen LogP contribution >= 0.6 is 15.9 Å². The molecule has 3 rings (SSSR count). The zero-order valence-electron chi connectivity index (χ0n) is 15.0. The van der Waals surface area contributed by atoms with Crippen LogP contribution in [-0.4, -0.2) is 31.6 Å². The normalized spacial score (nSPS) is 16.3. The zero-order chi connectivity index (χ0) is 19.3. The van der Waals surface area contributed by atoms with Crippen LogP contribution in [0.2, 0.25) is 0 Å². The molecule has 0 unspecified atom stereocenters. The molecule has 0 atom stereocenters. The van der Waals surface area contributed by atoms with Crippen LogP contribution in [0.1, 0.15) is 41.6 Å². The fourth-order valence-electron chi connectivity index (χ4n) is 3.10. The maximum absolute atomic E-state index is 12.8. The molecule has 4 nitrogen and oxygen atoms in total. The van der Waals surface area contributed by atoms with E-state index in [0.29, 0.717) is 18.7 Å². The van der Waals surface area contributed by atoms with Gasteiger partial charge < -0.3 is 0 Å². The SMILES string of the molecule is O=C(C=Cc1cccc(Br)c1)c1ccc(S(=O)(=O)N2CCCCCC2)cc1. The van der Waals surface area contributed by atoms with E-state index in [1.165, 1.54) is 18.2 Å². The minimum absolute atomic E-state index is 0.159. The van der Waals surface area contributed by atoms with Crippen molar-refractivity contribution >= 4 is 37.8 Å². The van der Waals surface area contributed by atoms with Gasteiger partial charge in [-0.2, -0.15) is 4.31 Å². The number of hydrogen-bond donors (Lipinski definition) is 0. The van der Waals surface area contributed by atoms with E-state index in [1.54, 1.807) is 22.5 Å². The minimum atomic E-state index is -3.49. The van der Waals surface area contributed by atoms with Crippen molar-refractivity contribution in [1.29, 1.82) is 0 Å². The van der Waals surface area contributed by atoms with Crippen molar-refractivity contribution in [2.45, 2.75) is 30.6 Å². The molecule has 1 aliphatic heterocycles. The van der Waals surface area contributed by atoms with Gasteiger partial charge in [0.15, 0.2) is 5.78 Å². The number of benzene rings is 2. The Morgan fingerprint density at radius 3 is 2.26 bits per heavy atom. The maximum atomic E-state index is 12.8. The predicted octanol–water partition coefficient (Wildman–Crippen LogP) is 4.91. The van der Waals surface area contributed by atoms with Gasteiger partial charge in [-0.15, -0.1) is 0 Å². The first-order valence-electron chi connectivity index (χ1n) is 9.05. The average molecular weight is 448 g/mol. The number of carbonyl (C=O) groups excluding carboxylic acids is 1. The van der Waals surface area contributed by atoms with Crippen LogP contribution in [0.5, 0.6) is 0 Å². The Labute approximate surface area is 169 Å². The van der Waals surface area contributed by atoms with E-state index < -0.39 is 10.0 Å². The van der Waals surface area contributed by atoms with Crippen molar-refractivity contribution in [3.05, 3.63) is 70.2 Å². The molecule has 2 aromatic rings. The highest BCUT2D eigenvalue weighted by atomic mass is 79.9. The van der Waals surface area contributed by atoms with Crippen LogP contribution in [0.3, 0.4) is 0 Å². The summed E-state index contributed by atoms with van der Waals surface area (Å²) in [7, 11) is -3.49. The first kappa shape index (κ1) is 20.0. The lowest BCUT2D eigenvalue weighted by molar-refractivity contribution is 0.104. The number of ketones is 1. The van der Waals surface area contributed by atoms with Crippen LogP contribution in [0.25, 0.3) is 6.08 Å². The number of carbonyl (C=O) groups is 1. The van der Waals surface area contributed by atoms with Crippen LogP contribution < -0.4 is 0 Å². The molecule has 142 valence electrons. The summed E-state index contributed by atoms with van der Waals surface area (Å²) in [4.78, 5) is 12.6. The van der Waals surface area contributed by atoms with Crippen molar-refractivity contribution in [3.63, 3.8) is 0 Å². The van der Waals surface area contributed by atoms with E-state index in [1.807, 2.05) is 24.3 Å². The molecule has 1 saturated heterocycles. The fraction of sp³-hybridized carbons (Fsp3) is 0.286. The van der Waals surface area contributed by atoms with Gasteiger partial charge in [-0.1, -0.05) is 47.0 Å². The molecule has 0 radical (unpaired) electrons. The molecule has 1 aliphatic rings. The summed E-state index contributed by atoms with van der Waals surface area (Å²) < 4.78 is 28.1. The predicted molar refractivity (Wildman–Crippen MR) is 111 cm³/mol. The second-order valence-electron chi connectivity index (χ2n) is 6.60. The van der Waals surface area contributed by atoms with Gasteiger partial charge in [-0.25, -0.2) is 8.42 Å². The smallest absolute Gasteiger partial charge is 0.243 e. The van der Waals surface area contributed by atoms with Crippen LogP contribution in [-0.2, 0) is 10.0 Å². The number of halogens is 1. The maximum Gasteiger partial charge on any atom is 0.243 e. The Hall–Kier alpha value is -1.76. The van der Waals surface area contributed by atoms with Gasteiger partial charge in [0.1, 0.15) is 0 Å². The van der Waals surface area contributed by atoms with Gasteiger partial charge in [0.2, 0.25) is 10.0 Å². The van der Waals surface area contributed by atoms with E-state index in [-0.39, 0.29) is 10.7 Å². The fourth-order valence-corrected chi connectivity index (χ4v) is 5.03. The van der Waals surface area contributed by atoms with E-state index >= 15 is 0 Å². The van der Waals surface area contributed by atoms with E-state index in [2.05, 4.69) is 15.9 Å². The Kier molecular flexibility index (Phi) is 6.63. The summed E-state index contributed by atoms with van der Waals surface area (Å²) in [6.07, 6.45) is 7.19. The second kappa shape index (κ2) is 8.95. The molecule has 1 fully saturated rings. The third-order valence-electron chi connectivity index (χ3n) is 4.62. The van der Waals surface area contributed by atoms with E-state index in [0.717, 1.165) is 35.7 Å². The highest BCUT2D eigenvalue weighted by molar-refractivity contribution is 9.10. The molecule has 0 bridgehead atoms. The molecule has 0 aliphatic carbocycles. The number of rotatable bonds is 5. The largest absolute Gasteiger partial charge is 0.289 e. The Balaban J connectivity index is 1.73. The highest BCUT2D eigenvalue weighted by Gasteiger charge is 2.25. The molecule has 0 aromatic heterocycles. The Morgan fingerprint density at radius 1 is 0.963 bits per heavy atom. The summed E-state index contributed by atoms with van der Waals surface area (Å²) in [6.45, 7) is 1.14. The van der Waals surface area contributed by atoms with Crippen molar-refractivity contribution in [2.24, 2.45) is 0 Å². The van der Waals surface area contributed by atoms with Crippen LogP contribution in [0, 0.1) is 0 Å². The lowest BCUT2D eigenvalue weighted by Crippen LogP contribution is -2.31. The van der Waals surface area contributed by atoms with Crippen LogP contribution in [0.15, 0.2) is 64.0 Å². The molecular weight excluding hydrogens is 426 g/mol. The first-order chi connectivity index (χ1) is 13.0. The molecule has 0 spiro atoms. The summed E-state index contributed by atoms with van der Waals surface area (Å²) in [6, 6.07) is 13.9. The second-order valence-corrected chi connectivity index (χ2v) is 9.45. The minimum Gasteiger partial charge on any atom is -0.289 e. The van der Waals surface area contributed by atoms with Crippen molar-refractivity contribution in [1.82, 2.24) is 4.31 Å². The quantitative estimate of drug-likeness (QED) is 0.483. The molecule has 0 N–H and O–H groups in total. The summed E-state index contributed by atoms with van der Waals surface area (Å²) in [5, 5.41) is 0. The monoisotopic (exact) mass is 447 g/mol. The molecule has 6 heteroatoms. The van der Waals surface area contributed by atoms with Crippen molar-refractivity contribution in [3.8, 4) is 0 Å². The zero-order valence-corrected chi connectivity index (χ0v) is 17.4. The number of allylic oxidation sites excluding steroid dienone is 1. The third-order valence-corrected chi connectivity index (χ3v) is 7.02. The number of nitrogens with zero attached hydrogens (tertiary/aromatic N) is 1. The lowest BCUT2D eigenvalue weighted by Gasteiger charge is -2.19. The van der Waals surface area contributed by atoms with Gasteiger partial charge in [-0.05, 0) is 60.9 Å². The first-order valence-corrected chi connectivity index (χ1v) is 11.3. The van der Waals surface area contributed by atoms with Crippen molar-refractivity contribution in [2.75, 3.05) is 13.1 Å². The molecular formula is C21H22BrNO3S. The van der Waals surface area contributed by atoms with Crippen molar-refractivity contribution < 1.29 is 13.2 Å². The Bertz CT molecular complexity index is 928. The van der Waals surface area contributed by atoms with Crippen LogP contribution in [0.4, 0.5) is 0 Å². The summed E-state index contributed by atoms with van der Waals surface area (Å²) in [5.41, 5.74) is 1.38. The molecule has 27 heavy (non-hydrogen) atoms. The molecule has 0 amide bonds. The molecule has 1 heterocycles. The Morgan fingerprint density at radius 2 is 1.63 bits per heavy atom. The third kappa shape index (κ3) is 5.15. The van der Waals surface area contributed by atoms with Gasteiger partial charge in [0.05, 0.1) is 4.90 Å². The topological polar surface area (TPSA) is 54.5 Å². The van der Waals surface area contributed by atoms with Gasteiger partial charge in [0.25, 0.3) is 0 Å².